The fraction of sp³-hybridized carbons (Fsp3) is 0.615. The van der Waals surface area contributed by atoms with Gasteiger partial charge in [-0.1, -0.05) is 12.8 Å². The van der Waals surface area contributed by atoms with Gasteiger partial charge >= 0.3 is 0 Å². The number of hydrogen-bond donors (Lipinski definition) is 1. The van der Waals surface area contributed by atoms with Crippen molar-refractivity contribution >= 4 is 27.5 Å². The van der Waals surface area contributed by atoms with Crippen LogP contribution in [0, 0.1) is 10.1 Å². The van der Waals surface area contributed by atoms with E-state index in [2.05, 4.69) is 20.1 Å². The quantitative estimate of drug-likeness (QED) is 0.413. The van der Waals surface area contributed by atoms with E-state index in [0.717, 1.165) is 57.7 Å². The summed E-state index contributed by atoms with van der Waals surface area (Å²) < 4.78 is 28.1. The Labute approximate surface area is 224 Å². The molecule has 0 bridgehead atoms. The number of rotatable bonds is 7. The number of likely N-dealkylation sites (tertiary alicyclic amines) is 1. The summed E-state index contributed by atoms with van der Waals surface area (Å²) in [7, 11) is -3.71. The molecule has 0 radical (unpaired) electrons. The van der Waals surface area contributed by atoms with Crippen molar-refractivity contribution in [1.29, 1.82) is 0 Å². The largest absolute Gasteiger partial charge is 0.356 e. The normalized spacial score (nSPS) is 24.1. The molecular weight excluding hydrogens is 506 g/mol. The van der Waals surface area contributed by atoms with Gasteiger partial charge in [0.15, 0.2) is 0 Å². The monoisotopic (exact) mass is 543 g/mol. The molecule has 3 fully saturated rings. The van der Waals surface area contributed by atoms with Crippen LogP contribution in [0.4, 0.5) is 17.5 Å². The first-order valence-corrected chi connectivity index (χ1v) is 15.2. The van der Waals surface area contributed by atoms with Crippen LogP contribution in [0.1, 0.15) is 51.4 Å². The standard InChI is InChI=1S/C26H37N7O4S/c34-33(35)22-9-11-24(12-10-22)38(36,37)32-18-6-8-23(20-32)31-17-5-7-21(19-31)28-26-27-14-13-25(29-26)30-15-3-1-2-4-16-30/h9-14,21,23H,1-8,15-20H2,(H,27,28,29). The summed E-state index contributed by atoms with van der Waals surface area (Å²) in [4.78, 5) is 24.6. The Kier molecular flexibility index (Phi) is 8.39. The second kappa shape index (κ2) is 11.9. The van der Waals surface area contributed by atoms with Gasteiger partial charge in [0.05, 0.1) is 9.82 Å². The average molecular weight is 544 g/mol. The second-order valence-electron chi connectivity index (χ2n) is 10.5. The van der Waals surface area contributed by atoms with Gasteiger partial charge in [0.1, 0.15) is 5.82 Å². The zero-order valence-corrected chi connectivity index (χ0v) is 22.6. The zero-order valence-electron chi connectivity index (χ0n) is 21.7. The summed E-state index contributed by atoms with van der Waals surface area (Å²) >= 11 is 0. The number of piperidine rings is 2. The Morgan fingerprint density at radius 2 is 1.63 bits per heavy atom. The lowest BCUT2D eigenvalue weighted by atomic mass is 9.99. The molecule has 1 N–H and O–H groups in total. The highest BCUT2D eigenvalue weighted by Crippen LogP contribution is 2.27. The van der Waals surface area contributed by atoms with Crippen LogP contribution >= 0.6 is 0 Å². The van der Waals surface area contributed by atoms with Gasteiger partial charge in [0.2, 0.25) is 16.0 Å². The van der Waals surface area contributed by atoms with Crippen LogP contribution in [0.15, 0.2) is 41.4 Å². The van der Waals surface area contributed by atoms with E-state index >= 15 is 0 Å². The van der Waals surface area contributed by atoms with Crippen molar-refractivity contribution in [1.82, 2.24) is 19.2 Å². The van der Waals surface area contributed by atoms with Crippen LogP contribution in [-0.4, -0.2) is 83.9 Å². The fourth-order valence-corrected chi connectivity index (χ4v) is 7.38. The van der Waals surface area contributed by atoms with Crippen molar-refractivity contribution in [3.05, 3.63) is 46.6 Å². The Hall–Kier alpha value is -2.83. The summed E-state index contributed by atoms with van der Waals surface area (Å²) in [5.41, 5.74) is -0.117. The first-order valence-electron chi connectivity index (χ1n) is 13.7. The summed E-state index contributed by atoms with van der Waals surface area (Å²) in [6, 6.07) is 7.48. The minimum absolute atomic E-state index is 0.100. The molecule has 0 spiro atoms. The zero-order chi connectivity index (χ0) is 26.5. The molecule has 0 saturated carbocycles. The van der Waals surface area contributed by atoms with Crippen molar-refractivity contribution in [2.24, 2.45) is 0 Å². The first kappa shape index (κ1) is 26.8. The molecule has 2 aromatic rings. The van der Waals surface area contributed by atoms with E-state index in [1.54, 1.807) is 0 Å². The lowest BCUT2D eigenvalue weighted by Gasteiger charge is -2.42. The van der Waals surface area contributed by atoms with E-state index in [4.69, 9.17) is 4.98 Å². The lowest BCUT2D eigenvalue weighted by molar-refractivity contribution is -0.384. The van der Waals surface area contributed by atoms with Crippen molar-refractivity contribution in [3.63, 3.8) is 0 Å². The Morgan fingerprint density at radius 3 is 2.37 bits per heavy atom. The molecule has 0 amide bonds. The molecule has 4 heterocycles. The Bertz CT molecular complexity index is 1200. The summed E-state index contributed by atoms with van der Waals surface area (Å²) in [5.74, 6) is 1.64. The molecule has 3 aliphatic rings. The van der Waals surface area contributed by atoms with Crippen molar-refractivity contribution in [3.8, 4) is 0 Å². The predicted molar refractivity (Wildman–Crippen MR) is 146 cm³/mol. The molecule has 1 aromatic heterocycles. The maximum atomic E-state index is 13.3. The minimum atomic E-state index is -3.71. The van der Waals surface area contributed by atoms with Gasteiger partial charge in [0.25, 0.3) is 5.69 Å². The van der Waals surface area contributed by atoms with Crippen LogP contribution in [0.25, 0.3) is 0 Å². The number of nitro benzene ring substituents is 1. The van der Waals surface area contributed by atoms with Crippen molar-refractivity contribution < 1.29 is 13.3 Å². The van der Waals surface area contributed by atoms with Gasteiger partial charge < -0.3 is 10.2 Å². The number of sulfonamides is 1. The number of aromatic nitrogens is 2. The molecule has 206 valence electrons. The number of benzene rings is 1. The molecule has 2 unspecified atom stereocenters. The summed E-state index contributed by atoms with van der Waals surface area (Å²) in [5, 5.41) is 14.5. The topological polar surface area (TPSA) is 125 Å². The van der Waals surface area contributed by atoms with Gasteiger partial charge in [0, 0.05) is 63.1 Å². The third-order valence-electron chi connectivity index (χ3n) is 7.92. The van der Waals surface area contributed by atoms with Crippen molar-refractivity contribution in [2.75, 3.05) is 49.5 Å². The fourth-order valence-electron chi connectivity index (χ4n) is 5.86. The molecule has 11 nitrogen and oxygen atoms in total. The molecule has 0 aliphatic carbocycles. The van der Waals surface area contributed by atoms with Crippen molar-refractivity contribution in [2.45, 2.75) is 68.3 Å². The van der Waals surface area contributed by atoms with E-state index in [0.29, 0.717) is 19.0 Å². The molecular formula is C26H37N7O4S. The van der Waals surface area contributed by atoms with Crippen LogP contribution in [0.5, 0.6) is 0 Å². The van der Waals surface area contributed by atoms with Gasteiger partial charge in [-0.2, -0.15) is 9.29 Å². The molecule has 1 aromatic carbocycles. The summed E-state index contributed by atoms with van der Waals surface area (Å²) in [6.07, 6.45) is 10.5. The Morgan fingerprint density at radius 1 is 0.895 bits per heavy atom. The molecule has 12 heteroatoms. The maximum absolute atomic E-state index is 13.3. The lowest BCUT2D eigenvalue weighted by Crippen LogP contribution is -2.54. The maximum Gasteiger partial charge on any atom is 0.269 e. The number of nitrogens with one attached hydrogen (secondary N) is 1. The smallest absolute Gasteiger partial charge is 0.269 e. The predicted octanol–water partition coefficient (Wildman–Crippen LogP) is 3.49. The van der Waals surface area contributed by atoms with Crippen LogP contribution in [0.2, 0.25) is 0 Å². The second-order valence-corrected chi connectivity index (χ2v) is 12.5. The number of non-ortho nitro benzene ring substituents is 1. The van der Waals surface area contributed by atoms with Gasteiger partial charge in [-0.15, -0.1) is 0 Å². The molecule has 3 saturated heterocycles. The number of nitro groups is 1. The van der Waals surface area contributed by atoms with Crippen LogP contribution < -0.4 is 10.2 Å². The third kappa shape index (κ3) is 6.24. The van der Waals surface area contributed by atoms with E-state index in [-0.39, 0.29) is 22.7 Å². The Balaban J connectivity index is 1.21. The summed E-state index contributed by atoms with van der Waals surface area (Å²) in [6.45, 7) is 4.70. The van der Waals surface area contributed by atoms with Crippen LogP contribution in [-0.2, 0) is 10.0 Å². The molecule has 2 atom stereocenters. The average Bonchev–Trinajstić information content (AvgIpc) is 3.23. The third-order valence-corrected chi connectivity index (χ3v) is 9.80. The molecule has 3 aliphatic heterocycles. The molecule has 38 heavy (non-hydrogen) atoms. The van der Waals surface area contributed by atoms with E-state index in [9.17, 15) is 18.5 Å². The van der Waals surface area contributed by atoms with Gasteiger partial charge in [-0.05, 0) is 63.3 Å². The number of nitrogens with zero attached hydrogens (tertiary/aromatic N) is 6. The highest BCUT2D eigenvalue weighted by Gasteiger charge is 2.35. The SMILES string of the molecule is O=[N+]([O-])c1ccc(S(=O)(=O)N2CCCC(N3CCCC(Nc4nccc(N5CCCCCC5)n4)C3)C2)cc1. The number of anilines is 2. The van der Waals surface area contributed by atoms with Gasteiger partial charge in [-0.3, -0.25) is 15.0 Å². The minimum Gasteiger partial charge on any atom is -0.356 e. The highest BCUT2D eigenvalue weighted by atomic mass is 32.2. The first-order chi connectivity index (χ1) is 18.4. The number of hydrogen-bond acceptors (Lipinski definition) is 9. The van der Waals surface area contributed by atoms with Crippen LogP contribution in [0.3, 0.4) is 0 Å². The van der Waals surface area contributed by atoms with E-state index < -0.39 is 14.9 Å². The van der Waals surface area contributed by atoms with Gasteiger partial charge in [-0.25, -0.2) is 13.4 Å². The van der Waals surface area contributed by atoms with E-state index in [1.165, 1.54) is 54.3 Å². The highest BCUT2D eigenvalue weighted by molar-refractivity contribution is 7.89. The van der Waals surface area contributed by atoms with E-state index in [1.807, 2.05) is 12.3 Å². The molecule has 5 rings (SSSR count).